The number of imide groups is 1. The maximum atomic E-state index is 12.4. The molecule has 0 aromatic carbocycles. The predicted octanol–water partition coefficient (Wildman–Crippen LogP) is 2.50. The fraction of sp³-hybridized carbons (Fsp3) is 0.812. The minimum absolute atomic E-state index is 0.0500. The Bertz CT molecular complexity index is 437. The Balaban J connectivity index is 1.90. The van der Waals surface area contributed by atoms with Gasteiger partial charge in [0.25, 0.3) is 0 Å². The summed E-state index contributed by atoms with van der Waals surface area (Å²) in [6.07, 6.45) is 4.40. The Kier molecular flexibility index (Phi) is 4.71. The molecular weight excluding hydrogens is 284 g/mol. The second-order valence-corrected chi connectivity index (χ2v) is 7.58. The number of nitrogens with two attached hydrogens (primary N) is 1. The van der Waals surface area contributed by atoms with Crippen LogP contribution in [-0.4, -0.2) is 28.2 Å². The van der Waals surface area contributed by atoms with Gasteiger partial charge >= 0.3 is 0 Å². The summed E-state index contributed by atoms with van der Waals surface area (Å²) in [5, 5.41) is 0. The van der Waals surface area contributed by atoms with Gasteiger partial charge in [-0.05, 0) is 31.6 Å². The fourth-order valence-electron chi connectivity index (χ4n) is 3.55. The summed E-state index contributed by atoms with van der Waals surface area (Å²) in [5.41, 5.74) is 5.49. The first-order valence-corrected chi connectivity index (χ1v) is 8.34. The third-order valence-corrected chi connectivity index (χ3v) is 5.81. The van der Waals surface area contributed by atoms with E-state index < -0.39 is 0 Å². The molecule has 4 nitrogen and oxygen atoms in total. The van der Waals surface area contributed by atoms with E-state index in [0.717, 1.165) is 32.1 Å². The summed E-state index contributed by atoms with van der Waals surface area (Å²) in [7, 11) is 0. The maximum Gasteiger partial charge on any atom is 0.233 e. The predicted molar refractivity (Wildman–Crippen MR) is 86.5 cm³/mol. The third kappa shape index (κ3) is 3.12. The Morgan fingerprint density at radius 3 is 2.24 bits per heavy atom. The summed E-state index contributed by atoms with van der Waals surface area (Å²) in [4.78, 5) is 26.8. The van der Waals surface area contributed by atoms with Crippen LogP contribution in [0.4, 0.5) is 0 Å². The van der Waals surface area contributed by atoms with Crippen LogP contribution in [0.3, 0.4) is 0 Å². The molecule has 118 valence electrons. The standard InChI is InChI=1S/C16H26N2O2S/c1-4-10-8-11-12(9-10)14(20)18(13(11)19)7-5-6-16(2,3)15(17)21/h10-12H,4-9H2,1-3H3,(H2,17,21). The van der Waals surface area contributed by atoms with Gasteiger partial charge in [0.2, 0.25) is 11.8 Å². The molecule has 2 aliphatic rings. The third-order valence-electron chi connectivity index (χ3n) is 5.25. The van der Waals surface area contributed by atoms with Gasteiger partial charge in [0.15, 0.2) is 0 Å². The van der Waals surface area contributed by atoms with Crippen LogP contribution in [-0.2, 0) is 9.59 Å². The molecule has 1 aliphatic carbocycles. The van der Waals surface area contributed by atoms with Crippen LogP contribution < -0.4 is 5.73 Å². The van der Waals surface area contributed by atoms with Crippen molar-refractivity contribution < 1.29 is 9.59 Å². The zero-order chi connectivity index (χ0) is 15.8. The molecule has 0 bridgehead atoms. The molecule has 21 heavy (non-hydrogen) atoms. The number of likely N-dealkylation sites (tertiary alicyclic amines) is 1. The minimum Gasteiger partial charge on any atom is -0.393 e. The van der Waals surface area contributed by atoms with E-state index in [1.54, 1.807) is 0 Å². The molecule has 2 amide bonds. The van der Waals surface area contributed by atoms with Crippen LogP contribution in [0.25, 0.3) is 0 Å². The summed E-state index contributed by atoms with van der Waals surface area (Å²) >= 11 is 5.05. The van der Waals surface area contributed by atoms with Gasteiger partial charge in [-0.1, -0.05) is 39.4 Å². The van der Waals surface area contributed by atoms with E-state index in [4.69, 9.17) is 18.0 Å². The van der Waals surface area contributed by atoms with Crippen molar-refractivity contribution in [3.63, 3.8) is 0 Å². The molecule has 2 unspecified atom stereocenters. The number of amides is 2. The zero-order valence-electron chi connectivity index (χ0n) is 13.2. The van der Waals surface area contributed by atoms with Crippen molar-refractivity contribution in [2.75, 3.05) is 6.54 Å². The van der Waals surface area contributed by atoms with Gasteiger partial charge in [-0.25, -0.2) is 0 Å². The molecule has 0 aromatic rings. The number of hydrogen-bond donors (Lipinski definition) is 1. The largest absolute Gasteiger partial charge is 0.393 e. The lowest BCUT2D eigenvalue weighted by Crippen LogP contribution is -2.35. The van der Waals surface area contributed by atoms with E-state index in [1.165, 1.54) is 4.90 Å². The average Bonchev–Trinajstić information content (AvgIpc) is 2.93. The number of rotatable bonds is 6. The highest BCUT2D eigenvalue weighted by Gasteiger charge is 2.51. The molecule has 0 spiro atoms. The fourth-order valence-corrected chi connectivity index (χ4v) is 3.66. The van der Waals surface area contributed by atoms with Gasteiger partial charge < -0.3 is 5.73 Å². The second kappa shape index (κ2) is 6.03. The van der Waals surface area contributed by atoms with Crippen molar-refractivity contribution in [1.82, 2.24) is 4.90 Å². The van der Waals surface area contributed by atoms with Gasteiger partial charge in [-0.15, -0.1) is 0 Å². The Hall–Kier alpha value is -0.970. The van der Waals surface area contributed by atoms with Gasteiger partial charge in [0, 0.05) is 12.0 Å². The lowest BCUT2D eigenvalue weighted by atomic mass is 9.88. The smallest absolute Gasteiger partial charge is 0.233 e. The molecule has 1 saturated heterocycles. The van der Waals surface area contributed by atoms with E-state index in [0.29, 0.717) is 17.5 Å². The number of hydrogen-bond acceptors (Lipinski definition) is 3. The lowest BCUT2D eigenvalue weighted by Gasteiger charge is -2.24. The van der Waals surface area contributed by atoms with Crippen LogP contribution in [0.2, 0.25) is 0 Å². The van der Waals surface area contributed by atoms with Crippen molar-refractivity contribution in [3.8, 4) is 0 Å². The van der Waals surface area contributed by atoms with E-state index in [2.05, 4.69) is 6.92 Å². The molecule has 1 heterocycles. The van der Waals surface area contributed by atoms with Gasteiger partial charge in [0.05, 0.1) is 16.8 Å². The molecule has 2 N–H and O–H groups in total. The first-order chi connectivity index (χ1) is 9.77. The van der Waals surface area contributed by atoms with Crippen LogP contribution in [0.5, 0.6) is 0 Å². The first-order valence-electron chi connectivity index (χ1n) is 7.93. The van der Waals surface area contributed by atoms with Crippen molar-refractivity contribution in [3.05, 3.63) is 0 Å². The quantitative estimate of drug-likeness (QED) is 0.605. The molecule has 1 aliphatic heterocycles. The van der Waals surface area contributed by atoms with Crippen LogP contribution in [0.1, 0.15) is 52.9 Å². The molecule has 2 rings (SSSR count). The van der Waals surface area contributed by atoms with E-state index in [1.807, 2.05) is 13.8 Å². The average molecular weight is 310 g/mol. The van der Waals surface area contributed by atoms with Crippen molar-refractivity contribution >= 4 is 29.0 Å². The molecule has 5 heteroatoms. The topological polar surface area (TPSA) is 63.4 Å². The van der Waals surface area contributed by atoms with Crippen LogP contribution >= 0.6 is 12.2 Å². The van der Waals surface area contributed by atoms with Crippen molar-refractivity contribution in [1.29, 1.82) is 0 Å². The van der Waals surface area contributed by atoms with Gasteiger partial charge in [0.1, 0.15) is 0 Å². The highest BCUT2D eigenvalue weighted by Crippen LogP contribution is 2.44. The number of nitrogens with zero attached hydrogens (tertiary/aromatic N) is 1. The molecule has 0 radical (unpaired) electrons. The number of carbonyl (C=O) groups is 2. The van der Waals surface area contributed by atoms with Crippen molar-refractivity contribution in [2.24, 2.45) is 28.9 Å². The summed E-state index contributed by atoms with van der Waals surface area (Å²) < 4.78 is 0. The first kappa shape index (κ1) is 16.4. The molecule has 0 aromatic heterocycles. The summed E-state index contributed by atoms with van der Waals surface area (Å²) in [5.74, 6) is 0.545. The Labute approximate surface area is 132 Å². The minimum atomic E-state index is -0.218. The van der Waals surface area contributed by atoms with Gasteiger partial charge in [-0.2, -0.15) is 0 Å². The molecule has 2 atom stereocenters. The molecule has 1 saturated carbocycles. The zero-order valence-corrected chi connectivity index (χ0v) is 14.0. The maximum absolute atomic E-state index is 12.4. The number of fused-ring (bicyclic) bond motifs is 1. The van der Waals surface area contributed by atoms with Crippen molar-refractivity contribution in [2.45, 2.75) is 52.9 Å². The second-order valence-electron chi connectivity index (χ2n) is 7.14. The highest BCUT2D eigenvalue weighted by molar-refractivity contribution is 7.80. The summed E-state index contributed by atoms with van der Waals surface area (Å²) in [6.45, 7) is 6.65. The summed E-state index contributed by atoms with van der Waals surface area (Å²) in [6, 6.07) is 0. The van der Waals surface area contributed by atoms with E-state index in [9.17, 15) is 9.59 Å². The lowest BCUT2D eigenvalue weighted by molar-refractivity contribution is -0.140. The Morgan fingerprint density at radius 2 is 1.81 bits per heavy atom. The number of carbonyl (C=O) groups excluding carboxylic acids is 2. The Morgan fingerprint density at radius 1 is 1.29 bits per heavy atom. The molecule has 2 fully saturated rings. The van der Waals surface area contributed by atoms with E-state index >= 15 is 0 Å². The van der Waals surface area contributed by atoms with Crippen LogP contribution in [0, 0.1) is 23.2 Å². The highest BCUT2D eigenvalue weighted by atomic mass is 32.1. The van der Waals surface area contributed by atoms with Crippen LogP contribution in [0.15, 0.2) is 0 Å². The molecular formula is C16H26N2O2S. The normalized spacial score (nSPS) is 29.1. The number of thiocarbonyl (C=S) groups is 1. The SMILES string of the molecule is CCC1CC2C(=O)N(CCCC(C)(C)C(N)=S)C(=O)C2C1. The monoisotopic (exact) mass is 310 g/mol. The van der Waals surface area contributed by atoms with Gasteiger partial charge in [-0.3, -0.25) is 14.5 Å². The van der Waals surface area contributed by atoms with E-state index in [-0.39, 0.29) is 29.1 Å².